The maximum Gasteiger partial charge on any atom is 0.225 e. The van der Waals surface area contributed by atoms with Crippen LogP contribution in [0.5, 0.6) is 5.88 Å². The number of nitrogens with zero attached hydrogens (tertiary/aromatic N) is 1. The third-order valence-corrected chi connectivity index (χ3v) is 2.48. The normalized spacial score (nSPS) is 10.1. The second kappa shape index (κ2) is 3.63. The van der Waals surface area contributed by atoms with E-state index < -0.39 is 0 Å². The molecule has 0 radical (unpaired) electrons. The van der Waals surface area contributed by atoms with E-state index in [1.165, 1.54) is 19.6 Å². The molecule has 0 N–H and O–H groups in total. The van der Waals surface area contributed by atoms with Gasteiger partial charge in [0.1, 0.15) is 6.26 Å². The molecule has 0 aliphatic carbocycles. The highest BCUT2D eigenvalue weighted by Gasteiger charge is 2.13. The molecule has 0 bridgehead atoms. The molecule has 0 fully saturated rings. The number of rotatable bonds is 3. The molecule has 0 saturated carbocycles. The Bertz CT molecular complexity index is 433. The van der Waals surface area contributed by atoms with Gasteiger partial charge in [0.25, 0.3) is 0 Å². The predicted molar refractivity (Wildman–Crippen MR) is 50.8 cm³/mol. The van der Waals surface area contributed by atoms with Crippen LogP contribution in [0.1, 0.15) is 15.2 Å². The van der Waals surface area contributed by atoms with Gasteiger partial charge in [0.2, 0.25) is 11.7 Å². The van der Waals surface area contributed by atoms with E-state index in [9.17, 15) is 4.79 Å². The minimum Gasteiger partial charge on any atom is -0.480 e. The van der Waals surface area contributed by atoms with Crippen molar-refractivity contribution >= 4 is 17.3 Å². The maximum atomic E-state index is 11.7. The number of carbonyl (C=O) groups is 1. The average molecular weight is 209 g/mol. The molecule has 0 aliphatic rings. The van der Waals surface area contributed by atoms with E-state index in [1.807, 2.05) is 0 Å². The van der Waals surface area contributed by atoms with E-state index in [1.54, 1.807) is 12.1 Å². The van der Waals surface area contributed by atoms with Crippen LogP contribution in [0.3, 0.4) is 0 Å². The summed E-state index contributed by atoms with van der Waals surface area (Å²) in [5.74, 6) is 0.362. The fraction of sp³-hybridized carbons (Fsp3) is 0.111. The van der Waals surface area contributed by atoms with Crippen LogP contribution in [0.2, 0.25) is 0 Å². The lowest BCUT2D eigenvalue weighted by molar-refractivity contribution is 0.104. The van der Waals surface area contributed by atoms with Gasteiger partial charge < -0.3 is 9.15 Å². The number of furan rings is 1. The Balaban J connectivity index is 2.28. The van der Waals surface area contributed by atoms with Crippen LogP contribution < -0.4 is 4.74 Å². The number of ketones is 1. The van der Waals surface area contributed by atoms with Gasteiger partial charge in [0, 0.05) is 6.07 Å². The van der Waals surface area contributed by atoms with Crippen LogP contribution in [0.4, 0.5) is 0 Å². The molecular formula is C9H7NO3S. The molecule has 0 aliphatic heterocycles. The molecule has 14 heavy (non-hydrogen) atoms. The van der Waals surface area contributed by atoms with Crippen LogP contribution in [0.15, 0.2) is 29.1 Å². The molecule has 2 aromatic rings. The summed E-state index contributed by atoms with van der Waals surface area (Å²) in [4.78, 5) is 12.2. The van der Waals surface area contributed by atoms with Crippen LogP contribution in [0.25, 0.3) is 0 Å². The van der Waals surface area contributed by atoms with Gasteiger partial charge in [-0.15, -0.1) is 0 Å². The topological polar surface area (TPSA) is 52.3 Å². The summed E-state index contributed by atoms with van der Waals surface area (Å²) >= 11 is 1.11. The van der Waals surface area contributed by atoms with Gasteiger partial charge >= 0.3 is 0 Å². The Morgan fingerprint density at radius 3 is 3.07 bits per heavy atom. The van der Waals surface area contributed by atoms with Crippen LogP contribution in [-0.4, -0.2) is 17.3 Å². The number of hydrogen-bond acceptors (Lipinski definition) is 5. The molecule has 0 saturated heterocycles. The van der Waals surface area contributed by atoms with Gasteiger partial charge in [-0.2, -0.15) is 4.37 Å². The molecule has 2 heterocycles. The van der Waals surface area contributed by atoms with Gasteiger partial charge in [-0.1, -0.05) is 0 Å². The van der Waals surface area contributed by atoms with Crippen molar-refractivity contribution in [2.75, 3.05) is 7.11 Å². The first-order valence-electron chi connectivity index (χ1n) is 3.89. The van der Waals surface area contributed by atoms with E-state index >= 15 is 0 Å². The first-order valence-corrected chi connectivity index (χ1v) is 4.66. The second-order valence-corrected chi connectivity index (χ2v) is 3.38. The van der Waals surface area contributed by atoms with Crippen molar-refractivity contribution in [1.29, 1.82) is 0 Å². The molecule has 4 nitrogen and oxygen atoms in total. The van der Waals surface area contributed by atoms with Crippen molar-refractivity contribution in [3.05, 3.63) is 35.1 Å². The summed E-state index contributed by atoms with van der Waals surface area (Å²) in [7, 11) is 1.52. The summed E-state index contributed by atoms with van der Waals surface area (Å²) in [6, 6.07) is 3.23. The number of hydrogen-bond donors (Lipinski definition) is 0. The van der Waals surface area contributed by atoms with Crippen LogP contribution in [-0.2, 0) is 0 Å². The highest BCUT2D eigenvalue weighted by molar-refractivity contribution is 7.08. The summed E-state index contributed by atoms with van der Waals surface area (Å²) in [6.45, 7) is 0. The Labute approximate surface area is 84.3 Å². The quantitative estimate of drug-likeness (QED) is 0.725. The molecule has 72 valence electrons. The summed E-state index contributed by atoms with van der Waals surface area (Å²) in [5, 5.41) is 0. The van der Waals surface area contributed by atoms with E-state index in [0.717, 1.165) is 11.5 Å². The first kappa shape index (κ1) is 8.96. The van der Waals surface area contributed by atoms with Gasteiger partial charge in [-0.05, 0) is 17.6 Å². The highest BCUT2D eigenvalue weighted by atomic mass is 32.1. The van der Waals surface area contributed by atoms with E-state index in [-0.39, 0.29) is 5.78 Å². The van der Waals surface area contributed by atoms with Crippen molar-refractivity contribution in [3.8, 4) is 5.88 Å². The minimum atomic E-state index is -0.0976. The van der Waals surface area contributed by atoms with Crippen molar-refractivity contribution in [3.63, 3.8) is 0 Å². The van der Waals surface area contributed by atoms with Gasteiger partial charge in [-0.3, -0.25) is 4.79 Å². The van der Waals surface area contributed by atoms with Crippen molar-refractivity contribution in [2.45, 2.75) is 0 Å². The number of aromatic nitrogens is 1. The van der Waals surface area contributed by atoms with Crippen LogP contribution >= 0.6 is 11.5 Å². The first-order chi connectivity index (χ1) is 6.81. The van der Waals surface area contributed by atoms with Crippen molar-refractivity contribution in [2.24, 2.45) is 0 Å². The molecule has 0 aromatic carbocycles. The zero-order valence-corrected chi connectivity index (χ0v) is 8.21. The second-order valence-electron chi connectivity index (χ2n) is 2.57. The van der Waals surface area contributed by atoms with Crippen LogP contribution in [0, 0.1) is 0 Å². The Kier molecular flexibility index (Phi) is 2.32. The zero-order chi connectivity index (χ0) is 9.97. The Morgan fingerprint density at radius 2 is 2.50 bits per heavy atom. The average Bonchev–Trinajstić information content (AvgIpc) is 2.88. The molecule has 0 unspecified atom stereocenters. The van der Waals surface area contributed by atoms with Gasteiger partial charge in [-0.25, -0.2) is 0 Å². The fourth-order valence-electron chi connectivity index (χ4n) is 0.998. The molecule has 5 heteroatoms. The third kappa shape index (κ3) is 1.54. The van der Waals surface area contributed by atoms with E-state index in [2.05, 4.69) is 4.37 Å². The minimum absolute atomic E-state index is 0.0976. The Morgan fingerprint density at radius 1 is 1.64 bits per heavy atom. The SMILES string of the molecule is COc1cc(C(=O)c2ccoc2)sn1. The van der Waals surface area contributed by atoms with Crippen molar-refractivity contribution in [1.82, 2.24) is 4.37 Å². The number of carbonyl (C=O) groups excluding carboxylic acids is 1. The Hall–Kier alpha value is -1.62. The van der Waals surface area contributed by atoms with Crippen molar-refractivity contribution < 1.29 is 13.9 Å². The largest absolute Gasteiger partial charge is 0.480 e. The molecule has 0 spiro atoms. The number of methoxy groups -OCH3 is 1. The maximum absolute atomic E-state index is 11.7. The predicted octanol–water partition coefficient (Wildman–Crippen LogP) is 1.98. The third-order valence-electron chi connectivity index (χ3n) is 1.70. The molecule has 0 amide bonds. The smallest absolute Gasteiger partial charge is 0.225 e. The number of ether oxygens (including phenoxy) is 1. The molecule has 0 atom stereocenters. The molecule has 2 aromatic heterocycles. The summed E-state index contributed by atoms with van der Waals surface area (Å²) in [6.07, 6.45) is 2.88. The monoisotopic (exact) mass is 209 g/mol. The van der Waals surface area contributed by atoms with Gasteiger partial charge in [0.05, 0.1) is 23.8 Å². The standard InChI is InChI=1S/C9H7NO3S/c1-12-8-4-7(14-10-8)9(11)6-2-3-13-5-6/h2-5H,1H3. The summed E-state index contributed by atoms with van der Waals surface area (Å²) in [5.41, 5.74) is 0.524. The van der Waals surface area contributed by atoms with Gasteiger partial charge in [0.15, 0.2) is 0 Å². The fourth-order valence-corrected chi connectivity index (χ4v) is 1.67. The molecule has 2 rings (SSSR count). The highest BCUT2D eigenvalue weighted by Crippen LogP contribution is 2.19. The lowest BCUT2D eigenvalue weighted by atomic mass is 10.2. The molecular weight excluding hydrogens is 202 g/mol. The lowest BCUT2D eigenvalue weighted by Crippen LogP contribution is -1.95. The lowest BCUT2D eigenvalue weighted by Gasteiger charge is -1.89. The summed E-state index contributed by atoms with van der Waals surface area (Å²) < 4.78 is 13.6. The van der Waals surface area contributed by atoms with E-state index in [4.69, 9.17) is 9.15 Å². The zero-order valence-electron chi connectivity index (χ0n) is 7.39. The van der Waals surface area contributed by atoms with E-state index in [0.29, 0.717) is 16.3 Å².